The fraction of sp³-hybridized carbons (Fsp3) is 0.500. The quantitative estimate of drug-likeness (QED) is 0.446. The van der Waals surface area contributed by atoms with Crippen molar-refractivity contribution in [3.05, 3.63) is 36.4 Å². The molecular formula is C22H31N3O5. The van der Waals surface area contributed by atoms with E-state index in [0.29, 0.717) is 25.4 Å². The van der Waals surface area contributed by atoms with Crippen LogP contribution in [0.15, 0.2) is 36.4 Å². The average molecular weight is 418 g/mol. The molecule has 0 aromatic heterocycles. The number of ether oxygens (including phenoxy) is 2. The molecule has 0 saturated carbocycles. The smallest absolute Gasteiger partial charge is 0.308 e. The average Bonchev–Trinajstić information content (AvgIpc) is 2.71. The number of nitrogens with one attached hydrogen (secondary N) is 2. The van der Waals surface area contributed by atoms with Gasteiger partial charge in [-0.2, -0.15) is 0 Å². The molecule has 0 bridgehead atoms. The van der Waals surface area contributed by atoms with Crippen LogP contribution in [0, 0.1) is 5.92 Å². The first kappa shape index (κ1) is 23.3. The summed E-state index contributed by atoms with van der Waals surface area (Å²) < 4.78 is 10.7. The number of hydrogen-bond donors (Lipinski definition) is 2. The highest BCUT2D eigenvalue weighted by molar-refractivity contribution is 5.93. The number of carbonyl (C=O) groups excluding carboxylic acids is 3. The molecule has 30 heavy (non-hydrogen) atoms. The molecule has 1 aliphatic rings. The number of carbonyl (C=O) groups is 3. The predicted molar refractivity (Wildman–Crippen MR) is 114 cm³/mol. The first-order chi connectivity index (χ1) is 14.3. The first-order valence-electron chi connectivity index (χ1n) is 10.1. The Kier molecular flexibility index (Phi) is 8.70. The first-order valence-corrected chi connectivity index (χ1v) is 10.1. The lowest BCUT2D eigenvalue weighted by Gasteiger charge is -2.34. The van der Waals surface area contributed by atoms with Gasteiger partial charge < -0.3 is 25.0 Å². The van der Waals surface area contributed by atoms with Gasteiger partial charge in [0.15, 0.2) is 0 Å². The second-order valence-electron chi connectivity index (χ2n) is 7.80. The molecule has 1 unspecified atom stereocenters. The zero-order valence-corrected chi connectivity index (χ0v) is 17.9. The number of benzene rings is 1. The van der Waals surface area contributed by atoms with Gasteiger partial charge >= 0.3 is 5.97 Å². The van der Waals surface area contributed by atoms with Crippen LogP contribution in [0.1, 0.15) is 27.2 Å². The minimum atomic E-state index is -0.856. The van der Waals surface area contributed by atoms with Crippen LogP contribution in [0.2, 0.25) is 0 Å². The van der Waals surface area contributed by atoms with Gasteiger partial charge in [-0.25, -0.2) is 0 Å². The molecule has 0 spiro atoms. The lowest BCUT2D eigenvalue weighted by Crippen LogP contribution is -2.58. The summed E-state index contributed by atoms with van der Waals surface area (Å²) >= 11 is 0. The van der Waals surface area contributed by atoms with E-state index >= 15 is 0 Å². The fourth-order valence-corrected chi connectivity index (χ4v) is 2.85. The molecule has 1 atom stereocenters. The molecule has 2 rings (SSSR count). The van der Waals surface area contributed by atoms with Crippen LogP contribution < -0.4 is 15.4 Å². The van der Waals surface area contributed by atoms with E-state index in [1.54, 1.807) is 12.1 Å². The zero-order chi connectivity index (χ0) is 22.1. The Balaban J connectivity index is 1.90. The van der Waals surface area contributed by atoms with Gasteiger partial charge in [-0.1, -0.05) is 20.4 Å². The number of amides is 2. The topological polar surface area (TPSA) is 97.0 Å². The van der Waals surface area contributed by atoms with Crippen molar-refractivity contribution in [2.24, 2.45) is 5.92 Å². The number of esters is 1. The predicted octanol–water partition coefficient (Wildman–Crippen LogP) is 1.97. The normalized spacial score (nSPS) is 16.1. The zero-order valence-electron chi connectivity index (χ0n) is 17.9. The van der Waals surface area contributed by atoms with Crippen LogP contribution in [-0.4, -0.2) is 61.6 Å². The summed E-state index contributed by atoms with van der Waals surface area (Å²) in [6.07, 6.45) is -0.154. The molecular weight excluding hydrogens is 386 g/mol. The molecule has 2 amide bonds. The van der Waals surface area contributed by atoms with Crippen molar-refractivity contribution in [3.63, 3.8) is 0 Å². The Bertz CT molecular complexity index is 761. The van der Waals surface area contributed by atoms with Crippen LogP contribution >= 0.6 is 0 Å². The Morgan fingerprint density at radius 3 is 2.63 bits per heavy atom. The second kappa shape index (κ2) is 11.2. The van der Waals surface area contributed by atoms with Crippen molar-refractivity contribution in [1.29, 1.82) is 0 Å². The molecule has 1 heterocycles. The lowest BCUT2D eigenvalue weighted by atomic mass is 10.1. The highest BCUT2D eigenvalue weighted by atomic mass is 16.5. The second-order valence-corrected chi connectivity index (χ2v) is 7.80. The summed E-state index contributed by atoms with van der Waals surface area (Å²) in [5, 5.41) is 5.76. The van der Waals surface area contributed by atoms with Crippen molar-refractivity contribution >= 4 is 23.5 Å². The summed E-state index contributed by atoms with van der Waals surface area (Å²) in [6.45, 7) is 11.0. The maximum atomic E-state index is 12.7. The van der Waals surface area contributed by atoms with Crippen molar-refractivity contribution in [3.8, 4) is 5.75 Å². The Morgan fingerprint density at radius 1 is 1.30 bits per heavy atom. The van der Waals surface area contributed by atoms with E-state index in [4.69, 9.17) is 9.47 Å². The minimum Gasteiger partial charge on any atom is -0.489 e. The monoisotopic (exact) mass is 417 g/mol. The van der Waals surface area contributed by atoms with E-state index < -0.39 is 12.0 Å². The van der Waals surface area contributed by atoms with Gasteiger partial charge in [-0.05, 0) is 42.7 Å². The number of nitrogens with zero attached hydrogens (tertiary/aromatic N) is 1. The van der Waals surface area contributed by atoms with Crippen molar-refractivity contribution in [2.75, 3.05) is 38.2 Å². The third-order valence-electron chi connectivity index (χ3n) is 4.37. The van der Waals surface area contributed by atoms with Gasteiger partial charge in [0.2, 0.25) is 11.8 Å². The molecule has 8 heteroatoms. The van der Waals surface area contributed by atoms with E-state index in [2.05, 4.69) is 17.2 Å². The van der Waals surface area contributed by atoms with Gasteiger partial charge in [-0.15, -0.1) is 0 Å². The molecule has 0 aliphatic carbocycles. The van der Waals surface area contributed by atoms with Crippen molar-refractivity contribution < 1.29 is 23.9 Å². The standard InChI is InChI=1S/C22H31N3O5/c1-15(2)13-29-18-7-5-17(6-8-18)24-12-20(26)25-10-9-23-22(28)19(25)11-21(27)30-14-16(3)4/h5-8,16,19,24H,1,9-14H2,2-4H3,(H,23,28). The van der Waals surface area contributed by atoms with Crippen LogP contribution in [0.25, 0.3) is 0 Å². The van der Waals surface area contributed by atoms with Crippen molar-refractivity contribution in [2.45, 2.75) is 33.2 Å². The number of hydrogen-bond acceptors (Lipinski definition) is 6. The molecule has 1 aromatic carbocycles. The highest BCUT2D eigenvalue weighted by Gasteiger charge is 2.35. The van der Waals surface area contributed by atoms with Gasteiger partial charge in [0.05, 0.1) is 19.6 Å². The summed E-state index contributed by atoms with van der Waals surface area (Å²) in [5.74, 6) is -0.165. The van der Waals surface area contributed by atoms with Crippen LogP contribution in [-0.2, 0) is 19.1 Å². The summed E-state index contributed by atoms with van der Waals surface area (Å²) in [7, 11) is 0. The summed E-state index contributed by atoms with van der Waals surface area (Å²) in [4.78, 5) is 38.5. The van der Waals surface area contributed by atoms with Crippen LogP contribution in [0.4, 0.5) is 5.69 Å². The van der Waals surface area contributed by atoms with Gasteiger partial charge in [0.1, 0.15) is 18.4 Å². The Hall–Kier alpha value is -3.03. The highest BCUT2D eigenvalue weighted by Crippen LogP contribution is 2.17. The number of piperazine rings is 1. The lowest BCUT2D eigenvalue weighted by molar-refractivity contribution is -0.152. The number of anilines is 1. The molecule has 0 radical (unpaired) electrons. The van der Waals surface area contributed by atoms with E-state index in [-0.39, 0.29) is 37.3 Å². The maximum Gasteiger partial charge on any atom is 0.308 e. The third-order valence-corrected chi connectivity index (χ3v) is 4.37. The molecule has 1 aromatic rings. The van der Waals surface area contributed by atoms with E-state index in [1.165, 1.54) is 4.90 Å². The van der Waals surface area contributed by atoms with Gasteiger partial charge in [0, 0.05) is 18.8 Å². The minimum absolute atomic E-state index is 0.0107. The molecule has 1 saturated heterocycles. The van der Waals surface area contributed by atoms with E-state index in [1.807, 2.05) is 32.9 Å². The van der Waals surface area contributed by atoms with Crippen LogP contribution in [0.3, 0.4) is 0 Å². The largest absolute Gasteiger partial charge is 0.489 e. The van der Waals surface area contributed by atoms with E-state index in [9.17, 15) is 14.4 Å². The fourth-order valence-electron chi connectivity index (χ4n) is 2.85. The van der Waals surface area contributed by atoms with Crippen molar-refractivity contribution in [1.82, 2.24) is 10.2 Å². The molecule has 164 valence electrons. The number of rotatable bonds is 10. The summed E-state index contributed by atoms with van der Waals surface area (Å²) in [6, 6.07) is 6.37. The molecule has 2 N–H and O–H groups in total. The molecule has 1 fully saturated rings. The molecule has 1 aliphatic heterocycles. The van der Waals surface area contributed by atoms with Crippen LogP contribution in [0.5, 0.6) is 5.75 Å². The summed E-state index contributed by atoms with van der Waals surface area (Å²) in [5.41, 5.74) is 1.68. The Morgan fingerprint density at radius 2 is 2.00 bits per heavy atom. The SMILES string of the molecule is C=C(C)COc1ccc(NCC(=O)N2CCNC(=O)C2CC(=O)OCC(C)C)cc1. The van der Waals surface area contributed by atoms with E-state index in [0.717, 1.165) is 11.3 Å². The third kappa shape index (κ3) is 7.42. The maximum absolute atomic E-state index is 12.7. The van der Waals surface area contributed by atoms with Gasteiger partial charge in [-0.3, -0.25) is 14.4 Å². The molecule has 8 nitrogen and oxygen atoms in total. The Labute approximate surface area is 177 Å². The van der Waals surface area contributed by atoms with Gasteiger partial charge in [0.25, 0.3) is 0 Å².